The van der Waals surface area contributed by atoms with Crippen molar-refractivity contribution in [1.82, 2.24) is 9.66 Å². The van der Waals surface area contributed by atoms with Gasteiger partial charge in [-0.1, -0.05) is 6.92 Å². The molecular weight excluding hydrogens is 208 g/mol. The van der Waals surface area contributed by atoms with Crippen LogP contribution in [0.5, 0.6) is 0 Å². The van der Waals surface area contributed by atoms with Gasteiger partial charge in [0.25, 0.3) is 0 Å². The first-order valence-electron chi connectivity index (χ1n) is 4.03. The fourth-order valence-corrected chi connectivity index (χ4v) is 1.23. The Morgan fingerprint density at radius 1 is 1.47 bits per heavy atom. The molecule has 1 aromatic rings. The fourth-order valence-electron chi connectivity index (χ4n) is 1.23. The van der Waals surface area contributed by atoms with Gasteiger partial charge in [0.2, 0.25) is 0 Å². The van der Waals surface area contributed by atoms with Crippen LogP contribution in [-0.2, 0) is 13.0 Å². The number of rotatable bonds is 4. The lowest BCUT2D eigenvalue weighted by atomic mass is 10.3. The molecular formula is C6H8N4O5. The van der Waals surface area contributed by atoms with Crippen LogP contribution in [0.4, 0.5) is 5.82 Å². The Labute approximate surface area is 83.2 Å². The molecule has 0 aliphatic heterocycles. The lowest BCUT2D eigenvalue weighted by molar-refractivity contribution is -0.546. The van der Waals surface area contributed by atoms with Crippen LogP contribution in [0.2, 0.25) is 0 Å². The van der Waals surface area contributed by atoms with E-state index in [-0.39, 0.29) is 17.9 Å². The number of nitrogens with zero attached hydrogens (tertiary/aromatic N) is 4. The third kappa shape index (κ3) is 1.76. The van der Waals surface area contributed by atoms with Gasteiger partial charge in [0.1, 0.15) is 6.61 Å². The number of hydrogen-bond acceptors (Lipinski definition) is 6. The highest BCUT2D eigenvalue weighted by atomic mass is 16.7. The van der Waals surface area contributed by atoms with Gasteiger partial charge in [-0.15, -0.1) is 0 Å². The summed E-state index contributed by atoms with van der Waals surface area (Å²) in [5.74, 6) is -0.929. The third-order valence-electron chi connectivity index (χ3n) is 1.81. The van der Waals surface area contributed by atoms with Crippen molar-refractivity contribution in [3.05, 3.63) is 31.7 Å². The summed E-state index contributed by atoms with van der Waals surface area (Å²) in [7, 11) is 0. The van der Waals surface area contributed by atoms with Crippen LogP contribution < -0.4 is 0 Å². The van der Waals surface area contributed by atoms with Gasteiger partial charge in [0, 0.05) is 0 Å². The van der Waals surface area contributed by atoms with E-state index in [2.05, 4.69) is 4.98 Å². The molecule has 0 spiro atoms. The Morgan fingerprint density at radius 3 is 2.40 bits per heavy atom. The Morgan fingerprint density at radius 2 is 2.07 bits per heavy atom. The topological polar surface area (TPSA) is 124 Å². The van der Waals surface area contributed by atoms with Crippen molar-refractivity contribution in [2.24, 2.45) is 0 Å². The molecule has 0 bridgehead atoms. The molecule has 15 heavy (non-hydrogen) atoms. The molecule has 0 amide bonds. The number of hydrogen-bond donors (Lipinski definition) is 1. The second-order valence-corrected chi connectivity index (χ2v) is 2.62. The average molecular weight is 216 g/mol. The van der Waals surface area contributed by atoms with E-state index in [1.165, 1.54) is 6.92 Å². The first-order valence-corrected chi connectivity index (χ1v) is 4.03. The lowest BCUT2D eigenvalue weighted by Crippen LogP contribution is -2.15. The number of aromatic nitrogens is 2. The summed E-state index contributed by atoms with van der Waals surface area (Å²) in [6.07, 6.45) is 0.0876. The molecule has 1 aromatic heterocycles. The van der Waals surface area contributed by atoms with Gasteiger partial charge in [0.05, 0.1) is 0 Å². The standard InChI is InChI=1S/C6H8N4O5/c1-2-4-6(9(12)13)7-5(3-11)8(4)10(14)15/h11H,2-3H2,1H3. The Balaban J connectivity index is 3.45. The zero-order chi connectivity index (χ0) is 11.6. The van der Waals surface area contributed by atoms with Crippen LogP contribution >= 0.6 is 0 Å². The summed E-state index contributed by atoms with van der Waals surface area (Å²) in [4.78, 5) is 23.7. The van der Waals surface area contributed by atoms with E-state index in [0.717, 1.165) is 0 Å². The molecule has 1 N–H and O–H groups in total. The van der Waals surface area contributed by atoms with Crippen molar-refractivity contribution < 1.29 is 15.1 Å². The highest BCUT2D eigenvalue weighted by molar-refractivity contribution is 5.29. The van der Waals surface area contributed by atoms with Crippen LogP contribution in [-0.4, -0.2) is 24.7 Å². The summed E-state index contributed by atoms with van der Waals surface area (Å²) in [6.45, 7) is 0.812. The second-order valence-electron chi connectivity index (χ2n) is 2.62. The minimum Gasteiger partial charge on any atom is -0.386 e. The Kier molecular flexibility index (Phi) is 2.95. The second kappa shape index (κ2) is 4.00. The first kappa shape index (κ1) is 11.0. The van der Waals surface area contributed by atoms with Gasteiger partial charge < -0.3 is 15.2 Å². The zero-order valence-electron chi connectivity index (χ0n) is 7.78. The molecule has 9 nitrogen and oxygen atoms in total. The van der Waals surface area contributed by atoms with E-state index < -0.39 is 22.4 Å². The Hall–Kier alpha value is -2.03. The predicted molar refractivity (Wildman–Crippen MR) is 46.6 cm³/mol. The summed E-state index contributed by atoms with van der Waals surface area (Å²) in [5.41, 5.74) is -0.131. The van der Waals surface area contributed by atoms with Crippen LogP contribution in [0.3, 0.4) is 0 Å². The normalized spacial score (nSPS) is 10.3. The predicted octanol–water partition coefficient (Wildman–Crippen LogP) is -0.114. The van der Waals surface area contributed by atoms with Gasteiger partial charge in [-0.25, -0.2) is 10.1 Å². The molecule has 1 rings (SSSR count). The minimum absolute atomic E-state index is 0.0876. The summed E-state index contributed by atoms with van der Waals surface area (Å²) < 4.78 is 0.443. The molecule has 1 heterocycles. The average Bonchev–Trinajstić information content (AvgIpc) is 2.55. The van der Waals surface area contributed by atoms with Gasteiger partial charge in [-0.05, 0) is 21.0 Å². The third-order valence-corrected chi connectivity index (χ3v) is 1.81. The van der Waals surface area contributed by atoms with Gasteiger partial charge in [-0.2, -0.15) is 0 Å². The van der Waals surface area contributed by atoms with Gasteiger partial charge in [0.15, 0.2) is 10.7 Å². The number of aliphatic hydroxyl groups is 1. The van der Waals surface area contributed by atoms with E-state index in [9.17, 15) is 20.2 Å². The molecule has 0 fully saturated rings. The first-order chi connectivity index (χ1) is 7.02. The number of nitro groups is 2. The molecule has 0 unspecified atom stereocenters. The van der Waals surface area contributed by atoms with Crippen LogP contribution in [0.25, 0.3) is 0 Å². The SMILES string of the molecule is CCc1c([N+](=O)[O-])nc(CO)n1[N+](=O)[O-]. The van der Waals surface area contributed by atoms with Crippen molar-refractivity contribution in [1.29, 1.82) is 0 Å². The quantitative estimate of drug-likeness (QED) is 0.552. The van der Waals surface area contributed by atoms with E-state index >= 15 is 0 Å². The van der Waals surface area contributed by atoms with Crippen LogP contribution in [0, 0.1) is 20.2 Å². The number of imidazole rings is 1. The Bertz CT molecular complexity index is 412. The monoisotopic (exact) mass is 216 g/mol. The van der Waals surface area contributed by atoms with Crippen LogP contribution in [0.1, 0.15) is 18.4 Å². The molecule has 0 atom stereocenters. The van der Waals surface area contributed by atoms with Gasteiger partial charge in [-0.3, -0.25) is 0 Å². The van der Waals surface area contributed by atoms with E-state index in [4.69, 9.17) is 5.11 Å². The molecule has 0 aliphatic carbocycles. The van der Waals surface area contributed by atoms with Crippen molar-refractivity contribution >= 4 is 5.82 Å². The van der Waals surface area contributed by atoms with Gasteiger partial charge >= 0.3 is 11.6 Å². The van der Waals surface area contributed by atoms with Crippen molar-refractivity contribution in [3.63, 3.8) is 0 Å². The molecule has 0 aliphatic rings. The summed E-state index contributed by atoms with van der Waals surface area (Å²) >= 11 is 0. The highest BCUT2D eigenvalue weighted by Crippen LogP contribution is 2.19. The molecule has 9 heteroatoms. The maximum absolute atomic E-state index is 10.6. The minimum atomic E-state index is -0.843. The van der Waals surface area contributed by atoms with Crippen LogP contribution in [0.15, 0.2) is 0 Å². The maximum atomic E-state index is 10.6. The van der Waals surface area contributed by atoms with E-state index in [1.54, 1.807) is 0 Å². The highest BCUT2D eigenvalue weighted by Gasteiger charge is 2.32. The molecule has 0 saturated heterocycles. The van der Waals surface area contributed by atoms with E-state index in [0.29, 0.717) is 4.68 Å². The fraction of sp³-hybridized carbons (Fsp3) is 0.500. The number of aliphatic hydroxyl groups excluding tert-OH is 1. The van der Waals surface area contributed by atoms with Crippen molar-refractivity contribution in [3.8, 4) is 0 Å². The smallest absolute Gasteiger partial charge is 0.386 e. The molecule has 0 aromatic carbocycles. The molecule has 82 valence electrons. The van der Waals surface area contributed by atoms with Crippen molar-refractivity contribution in [2.45, 2.75) is 20.0 Å². The largest absolute Gasteiger partial charge is 0.391 e. The van der Waals surface area contributed by atoms with E-state index in [1.807, 2.05) is 0 Å². The summed E-state index contributed by atoms with van der Waals surface area (Å²) in [5, 5.41) is 29.0. The molecule has 0 saturated carbocycles. The van der Waals surface area contributed by atoms with Crippen molar-refractivity contribution in [2.75, 3.05) is 0 Å². The maximum Gasteiger partial charge on any atom is 0.391 e. The lowest BCUT2D eigenvalue weighted by Gasteiger charge is -1.95. The zero-order valence-corrected chi connectivity index (χ0v) is 7.78. The molecule has 0 radical (unpaired) electrons. The summed E-state index contributed by atoms with van der Waals surface area (Å²) in [6, 6.07) is 0.